The van der Waals surface area contributed by atoms with E-state index in [2.05, 4.69) is 34.6 Å². The molecule has 2 saturated carbocycles. The number of hydrogen-bond acceptors (Lipinski definition) is 4. The normalized spacial score (nSPS) is 41.6. The molecule has 0 bridgehead atoms. The van der Waals surface area contributed by atoms with E-state index in [9.17, 15) is 9.90 Å². The summed E-state index contributed by atoms with van der Waals surface area (Å²) in [7, 11) is 0. The third-order valence-corrected chi connectivity index (χ3v) is 7.07. The Morgan fingerprint density at radius 3 is 2.65 bits per heavy atom. The molecule has 0 spiro atoms. The summed E-state index contributed by atoms with van der Waals surface area (Å²) in [6.45, 7) is 10.5. The highest BCUT2D eigenvalue weighted by atomic mass is 16.6. The maximum Gasteiger partial charge on any atom is 0.168 e. The standard InChI is InChI=1S/C22H38O4/c1-15(25-20(2,3)4)7-6-8-16-9-10-18-17-11-12-19(23)21(17,5)13-14-22(18,24)26-16/h15-18,24H,6-14H2,1-5H3. The molecule has 1 N–H and O–H groups in total. The molecule has 4 heteroatoms. The zero-order chi connectivity index (χ0) is 19.2. The van der Waals surface area contributed by atoms with Crippen molar-refractivity contribution in [3.05, 3.63) is 0 Å². The second kappa shape index (κ2) is 7.18. The third-order valence-electron chi connectivity index (χ3n) is 7.07. The number of aliphatic hydroxyl groups is 1. The fraction of sp³-hybridized carbons (Fsp3) is 0.955. The van der Waals surface area contributed by atoms with E-state index in [0.717, 1.165) is 44.9 Å². The second-order valence-corrected chi connectivity index (χ2v) is 10.2. The van der Waals surface area contributed by atoms with Crippen molar-refractivity contribution < 1.29 is 19.4 Å². The number of fused-ring (bicyclic) bond motifs is 3. The predicted octanol–water partition coefficient (Wildman–Crippen LogP) is 4.62. The fourth-order valence-corrected chi connectivity index (χ4v) is 5.79. The molecule has 3 aliphatic rings. The SMILES string of the molecule is CC(CCCC1CCC2C3CCC(=O)C3(C)CCC2(O)O1)OC(C)(C)C. The minimum atomic E-state index is -1.01. The van der Waals surface area contributed by atoms with Crippen molar-refractivity contribution in [2.24, 2.45) is 17.3 Å². The number of Topliss-reactive ketones (excluding diaryl/α,β-unsaturated/α-hetero) is 1. The summed E-state index contributed by atoms with van der Waals surface area (Å²) < 4.78 is 12.2. The molecule has 2 aliphatic carbocycles. The van der Waals surface area contributed by atoms with E-state index in [1.807, 2.05) is 0 Å². The van der Waals surface area contributed by atoms with E-state index in [1.165, 1.54) is 0 Å². The molecule has 0 radical (unpaired) electrons. The molecule has 6 unspecified atom stereocenters. The number of carbonyl (C=O) groups is 1. The zero-order valence-corrected chi connectivity index (χ0v) is 17.3. The Morgan fingerprint density at radius 2 is 1.96 bits per heavy atom. The van der Waals surface area contributed by atoms with E-state index in [1.54, 1.807) is 0 Å². The number of ether oxygens (including phenoxy) is 2. The number of hydrogen-bond donors (Lipinski definition) is 1. The van der Waals surface area contributed by atoms with Gasteiger partial charge in [-0.3, -0.25) is 4.79 Å². The number of carbonyl (C=O) groups excluding carboxylic acids is 1. The van der Waals surface area contributed by atoms with Gasteiger partial charge in [0.05, 0.1) is 17.8 Å². The summed E-state index contributed by atoms with van der Waals surface area (Å²) in [4.78, 5) is 12.3. The van der Waals surface area contributed by atoms with Gasteiger partial charge in [-0.05, 0) is 78.6 Å². The number of ketones is 1. The minimum absolute atomic E-state index is 0.101. The van der Waals surface area contributed by atoms with Gasteiger partial charge in [0.15, 0.2) is 5.79 Å². The topological polar surface area (TPSA) is 55.8 Å². The van der Waals surface area contributed by atoms with Crippen molar-refractivity contribution in [1.82, 2.24) is 0 Å². The molecule has 3 rings (SSSR count). The lowest BCUT2D eigenvalue weighted by atomic mass is 9.59. The summed E-state index contributed by atoms with van der Waals surface area (Å²) >= 11 is 0. The predicted molar refractivity (Wildman–Crippen MR) is 102 cm³/mol. The van der Waals surface area contributed by atoms with Gasteiger partial charge >= 0.3 is 0 Å². The molecule has 3 fully saturated rings. The van der Waals surface area contributed by atoms with Crippen LogP contribution >= 0.6 is 0 Å². The third kappa shape index (κ3) is 4.02. The van der Waals surface area contributed by atoms with Gasteiger partial charge in [0.25, 0.3) is 0 Å². The lowest BCUT2D eigenvalue weighted by molar-refractivity contribution is -0.315. The molecule has 4 nitrogen and oxygen atoms in total. The van der Waals surface area contributed by atoms with Crippen LogP contribution in [0.2, 0.25) is 0 Å². The highest BCUT2D eigenvalue weighted by molar-refractivity contribution is 5.87. The molecule has 6 atom stereocenters. The van der Waals surface area contributed by atoms with Crippen LogP contribution in [0, 0.1) is 17.3 Å². The molecule has 0 aromatic heterocycles. The van der Waals surface area contributed by atoms with Crippen molar-refractivity contribution in [1.29, 1.82) is 0 Å². The molecule has 0 amide bonds. The highest BCUT2D eigenvalue weighted by Crippen LogP contribution is 2.58. The Balaban J connectivity index is 1.51. The van der Waals surface area contributed by atoms with Crippen LogP contribution in [0.1, 0.15) is 92.4 Å². The van der Waals surface area contributed by atoms with Crippen molar-refractivity contribution >= 4 is 5.78 Å². The molecule has 1 heterocycles. The Hall–Kier alpha value is -0.450. The quantitative estimate of drug-likeness (QED) is 0.771. The van der Waals surface area contributed by atoms with Gasteiger partial charge in [-0.1, -0.05) is 6.92 Å². The smallest absolute Gasteiger partial charge is 0.168 e. The van der Waals surface area contributed by atoms with Crippen molar-refractivity contribution in [3.63, 3.8) is 0 Å². The first-order valence-corrected chi connectivity index (χ1v) is 10.6. The molecule has 0 aromatic rings. The average molecular weight is 367 g/mol. The molecule has 1 aliphatic heterocycles. The number of rotatable bonds is 5. The van der Waals surface area contributed by atoms with Gasteiger partial charge in [-0.2, -0.15) is 0 Å². The van der Waals surface area contributed by atoms with E-state index in [-0.39, 0.29) is 29.1 Å². The van der Waals surface area contributed by atoms with Gasteiger partial charge in [0.2, 0.25) is 0 Å². The van der Waals surface area contributed by atoms with E-state index >= 15 is 0 Å². The fourth-order valence-electron chi connectivity index (χ4n) is 5.79. The molecule has 0 aromatic carbocycles. The molecule has 1 saturated heterocycles. The van der Waals surface area contributed by atoms with Crippen molar-refractivity contribution in [3.8, 4) is 0 Å². The summed E-state index contributed by atoms with van der Waals surface area (Å²) in [5.74, 6) is -0.174. The largest absolute Gasteiger partial charge is 0.373 e. The van der Waals surface area contributed by atoms with Crippen LogP contribution in [0.5, 0.6) is 0 Å². The van der Waals surface area contributed by atoms with E-state index in [4.69, 9.17) is 9.47 Å². The maximum absolute atomic E-state index is 12.3. The lowest BCUT2D eigenvalue weighted by Gasteiger charge is -2.53. The van der Waals surface area contributed by atoms with Crippen LogP contribution < -0.4 is 0 Å². The second-order valence-electron chi connectivity index (χ2n) is 10.2. The van der Waals surface area contributed by atoms with Gasteiger partial charge in [0.1, 0.15) is 5.78 Å². The summed E-state index contributed by atoms with van der Waals surface area (Å²) in [6.07, 6.45) is 8.42. The van der Waals surface area contributed by atoms with Crippen LogP contribution in [0.3, 0.4) is 0 Å². The first-order valence-electron chi connectivity index (χ1n) is 10.6. The molecule has 26 heavy (non-hydrogen) atoms. The van der Waals surface area contributed by atoms with Crippen LogP contribution in [0.4, 0.5) is 0 Å². The van der Waals surface area contributed by atoms with E-state index < -0.39 is 5.79 Å². The highest BCUT2D eigenvalue weighted by Gasteiger charge is 2.60. The van der Waals surface area contributed by atoms with Gasteiger partial charge in [-0.15, -0.1) is 0 Å². The van der Waals surface area contributed by atoms with Gasteiger partial charge in [-0.25, -0.2) is 0 Å². The molecular formula is C22H38O4. The van der Waals surface area contributed by atoms with Crippen molar-refractivity contribution in [2.45, 2.75) is 116 Å². The summed E-state index contributed by atoms with van der Waals surface area (Å²) in [5, 5.41) is 11.2. The maximum atomic E-state index is 12.3. The van der Waals surface area contributed by atoms with Crippen LogP contribution in [0.15, 0.2) is 0 Å². The van der Waals surface area contributed by atoms with Crippen LogP contribution in [-0.4, -0.2) is 34.5 Å². The average Bonchev–Trinajstić information content (AvgIpc) is 2.81. The monoisotopic (exact) mass is 366 g/mol. The van der Waals surface area contributed by atoms with Crippen LogP contribution in [0.25, 0.3) is 0 Å². The van der Waals surface area contributed by atoms with Gasteiger partial charge < -0.3 is 14.6 Å². The molecular weight excluding hydrogens is 328 g/mol. The van der Waals surface area contributed by atoms with Gasteiger partial charge in [0, 0.05) is 24.2 Å². The van der Waals surface area contributed by atoms with E-state index in [0.29, 0.717) is 24.5 Å². The Kier molecular flexibility index (Phi) is 5.60. The molecule has 150 valence electrons. The first-order chi connectivity index (χ1) is 12.0. The minimum Gasteiger partial charge on any atom is -0.373 e. The lowest BCUT2D eigenvalue weighted by Crippen LogP contribution is -2.57. The Labute approximate surface area is 159 Å². The van der Waals surface area contributed by atoms with Crippen molar-refractivity contribution in [2.75, 3.05) is 0 Å². The Morgan fingerprint density at radius 1 is 1.23 bits per heavy atom. The zero-order valence-electron chi connectivity index (χ0n) is 17.3. The Bertz CT molecular complexity index is 525. The van der Waals surface area contributed by atoms with Crippen LogP contribution in [-0.2, 0) is 14.3 Å². The summed E-state index contributed by atoms with van der Waals surface area (Å²) in [5.41, 5.74) is -0.316. The summed E-state index contributed by atoms with van der Waals surface area (Å²) in [6, 6.07) is 0. The first kappa shape index (κ1) is 20.3.